The van der Waals surface area contributed by atoms with E-state index in [0.29, 0.717) is 55.1 Å². The summed E-state index contributed by atoms with van der Waals surface area (Å²) in [5.41, 5.74) is 2.64. The number of likely N-dealkylation sites (tertiary alicyclic amines) is 1. The highest BCUT2D eigenvalue weighted by Crippen LogP contribution is 2.71. The average molecular weight is 1180 g/mol. The van der Waals surface area contributed by atoms with Crippen LogP contribution in [0.2, 0.25) is 0 Å². The average Bonchev–Trinajstić information content (AvgIpc) is 4.14. The number of H-pyrrole nitrogens is 1. The van der Waals surface area contributed by atoms with Crippen molar-refractivity contribution < 1.29 is 37.5 Å². The number of aryl methyl sites for hydroxylation is 1. The van der Waals surface area contributed by atoms with Crippen LogP contribution in [0, 0.1) is 11.6 Å². The summed E-state index contributed by atoms with van der Waals surface area (Å²) >= 11 is 0. The number of aromatic nitrogens is 4. The second kappa shape index (κ2) is 28.2. The van der Waals surface area contributed by atoms with Gasteiger partial charge in [0.1, 0.15) is 34.0 Å². The van der Waals surface area contributed by atoms with Crippen LogP contribution in [-0.2, 0) is 31.0 Å². The Morgan fingerprint density at radius 3 is 1.82 bits per heavy atom. The smallest absolute Gasteiger partial charge is 0.410 e. The van der Waals surface area contributed by atoms with Crippen LogP contribution in [0.1, 0.15) is 33.6 Å². The molecule has 16 nitrogen and oxygen atoms in total. The molecule has 0 aliphatic carbocycles. The zero-order valence-electron chi connectivity index (χ0n) is 39.7. The van der Waals surface area contributed by atoms with Gasteiger partial charge in [0.15, 0.2) is 0 Å². The molecule has 388 valence electrons. The number of halogens is 3. The fraction of sp³-hybridized carbons (Fsp3) is 0.295. The van der Waals surface area contributed by atoms with Crippen molar-refractivity contribution >= 4 is 152 Å². The molecule has 2 fully saturated rings. The van der Waals surface area contributed by atoms with E-state index in [1.54, 1.807) is 75.0 Å². The molecule has 4 aromatic carbocycles. The van der Waals surface area contributed by atoms with Gasteiger partial charge in [-0.1, -0.05) is 7.96 Å². The number of amides is 5. The van der Waals surface area contributed by atoms with Gasteiger partial charge in [0.2, 0.25) is 12.8 Å². The highest BCUT2D eigenvalue weighted by molar-refractivity contribution is 8.77. The fourth-order valence-corrected chi connectivity index (χ4v) is 7.55. The number of nitrogens with one attached hydrogen (secondary N) is 6. The Labute approximate surface area is 441 Å². The zero-order valence-corrected chi connectivity index (χ0v) is 50.3. The fourth-order valence-electron chi connectivity index (χ4n) is 7.55. The van der Waals surface area contributed by atoms with Gasteiger partial charge in [-0.25, -0.2) is 13.6 Å². The summed E-state index contributed by atoms with van der Waals surface area (Å²) in [6, 6.07) is 22.9. The van der Waals surface area contributed by atoms with Crippen LogP contribution >= 0.6 is 87.9 Å². The SMILES string of the molecule is Cl.Cn1nc(-c2ccc(F)cc2)c2cc(NC(=O)C3(NC=O)CCN(C(=O)OC(C)(C)C)C3)ccc21.O=CNC1(C(=O)Nc2ccc3[nH]nc(-c4ccc(F)cc4)c3c2)CCNC1.PP(P)P.PPP(P)P. The molecule has 0 bridgehead atoms. The minimum atomic E-state index is -1.29. The molecule has 5 amide bonds. The third-order valence-corrected chi connectivity index (χ3v) is 22.9. The van der Waals surface area contributed by atoms with E-state index < -0.39 is 28.7 Å². The molecule has 2 aliphatic heterocycles. The van der Waals surface area contributed by atoms with Crippen molar-refractivity contribution in [1.29, 1.82) is 0 Å². The largest absolute Gasteiger partial charge is 0.444 e. The summed E-state index contributed by atoms with van der Waals surface area (Å²) < 4.78 is 33.7. The van der Waals surface area contributed by atoms with E-state index in [4.69, 9.17) is 4.74 Å². The maximum absolute atomic E-state index is 13.4. The molecule has 72 heavy (non-hydrogen) atoms. The minimum absolute atomic E-state index is 0. The molecule has 2 aromatic heterocycles. The Hall–Kier alpha value is -3.05. The highest BCUT2D eigenvalue weighted by atomic mass is 35.5. The number of hydrogen-bond acceptors (Lipinski definition) is 9. The standard InChI is InChI=1S/C25H28FN5O4.C19H18FN5O2.ClH.H7P5.H6P4/c1-24(2,3)35-23(34)31-12-11-25(14-31,27-15-32)22(33)28-18-9-10-20-19(13-18)21(29-30(20)4)16-5-7-17(26)8-6-16;20-13-3-1-12(2-4-13)17-15-9-14(5-6-16(15)24-25-17)23-18(27)19(22-11-26)7-8-21-10-19;;1-4-5(2)3;1-4(2)3/h5-10,13,15H,11-12,14H2,1-4H3,(H,27,32)(H,28,33);1-6,9,11,21H,7-8,10H2,(H,22,26)(H,23,27)(H,24,25);1H;4H,1-3H2;1-3H2. The predicted molar refractivity (Wildman–Crippen MR) is 316 cm³/mol. The van der Waals surface area contributed by atoms with E-state index in [9.17, 15) is 32.8 Å². The molecule has 2 saturated heterocycles. The summed E-state index contributed by atoms with van der Waals surface area (Å²) in [6.45, 7) is 6.94. The first-order chi connectivity index (χ1) is 33.6. The van der Waals surface area contributed by atoms with Crippen molar-refractivity contribution in [1.82, 2.24) is 40.8 Å². The molecular weight excluding hydrogens is 1120 g/mol. The maximum Gasteiger partial charge on any atom is 0.410 e. The summed E-state index contributed by atoms with van der Waals surface area (Å²) in [5, 5.41) is 27.5. The number of rotatable bonds is 11. The van der Waals surface area contributed by atoms with Gasteiger partial charge in [-0.15, -0.1) is 66.0 Å². The van der Waals surface area contributed by atoms with Crippen molar-refractivity contribution in [2.24, 2.45) is 7.05 Å². The van der Waals surface area contributed by atoms with E-state index in [1.807, 2.05) is 18.2 Å². The number of hydrogen-bond donors (Lipinski definition) is 6. The van der Waals surface area contributed by atoms with Gasteiger partial charge in [0.05, 0.1) is 23.3 Å². The number of benzene rings is 4. The lowest BCUT2D eigenvalue weighted by atomic mass is 9.97. The number of ether oxygens (including phenoxy) is 1. The molecule has 2 aliphatic rings. The van der Waals surface area contributed by atoms with Crippen LogP contribution in [0.25, 0.3) is 44.3 Å². The van der Waals surface area contributed by atoms with Gasteiger partial charge < -0.3 is 36.2 Å². The number of nitrogens with zero attached hydrogens (tertiary/aromatic N) is 4. The lowest BCUT2D eigenvalue weighted by molar-refractivity contribution is -0.125. The molecule has 28 heteroatoms. The molecule has 6 aromatic rings. The third-order valence-electron chi connectivity index (χ3n) is 10.9. The lowest BCUT2D eigenvalue weighted by Gasteiger charge is -2.28. The quantitative estimate of drug-likeness (QED) is 0.0539. The second-order valence-electron chi connectivity index (χ2n) is 17.2. The van der Waals surface area contributed by atoms with Crippen LogP contribution in [0.3, 0.4) is 0 Å². The number of anilines is 2. The van der Waals surface area contributed by atoms with Crippen LogP contribution in [0.5, 0.6) is 0 Å². The first kappa shape index (κ1) is 61.5. The van der Waals surface area contributed by atoms with Crippen LogP contribution in [0.4, 0.5) is 25.0 Å². The Bertz CT molecular complexity index is 2800. The van der Waals surface area contributed by atoms with Crippen molar-refractivity contribution in [3.63, 3.8) is 0 Å². The van der Waals surface area contributed by atoms with Crippen molar-refractivity contribution in [3.05, 3.63) is 96.6 Å². The minimum Gasteiger partial charge on any atom is -0.444 e. The Morgan fingerprint density at radius 2 is 1.31 bits per heavy atom. The molecule has 9 atom stereocenters. The number of carbonyl (C=O) groups excluding carboxylic acids is 5. The summed E-state index contributed by atoms with van der Waals surface area (Å²) in [5.74, 6) is -1.37. The number of aromatic amines is 1. The van der Waals surface area contributed by atoms with Gasteiger partial charge in [0.25, 0.3) is 11.8 Å². The monoisotopic (exact) mass is 1180 g/mol. The zero-order chi connectivity index (χ0) is 52.1. The molecule has 9 unspecified atom stereocenters. The summed E-state index contributed by atoms with van der Waals surface area (Å²) in [4.78, 5) is 62.3. The third kappa shape index (κ3) is 17.0. The Kier molecular flexibility index (Phi) is 24.1. The van der Waals surface area contributed by atoms with E-state index in [0.717, 1.165) is 40.9 Å². The molecule has 4 heterocycles. The number of carbonyl (C=O) groups is 5. The highest BCUT2D eigenvalue weighted by Gasteiger charge is 2.47. The topological polar surface area (TPSA) is 204 Å². The Morgan fingerprint density at radius 1 is 0.792 bits per heavy atom. The molecular formula is C44H60ClF2N10O6P9. The van der Waals surface area contributed by atoms with E-state index >= 15 is 0 Å². The molecule has 6 N–H and O–H groups in total. The molecule has 0 radical (unpaired) electrons. The summed E-state index contributed by atoms with van der Waals surface area (Å²) in [7, 11) is 19.0. The van der Waals surface area contributed by atoms with Crippen LogP contribution in [0.15, 0.2) is 84.9 Å². The molecule has 0 saturated carbocycles. The van der Waals surface area contributed by atoms with Crippen molar-refractivity contribution in [2.45, 2.75) is 50.3 Å². The van der Waals surface area contributed by atoms with E-state index in [-0.39, 0.29) is 63.4 Å². The lowest BCUT2D eigenvalue weighted by Crippen LogP contribution is -2.56. The van der Waals surface area contributed by atoms with Gasteiger partial charge in [-0.3, -0.25) is 29.0 Å². The first-order valence-electron chi connectivity index (χ1n) is 21.6. The van der Waals surface area contributed by atoms with Crippen LogP contribution < -0.4 is 26.6 Å². The Balaban J connectivity index is 0.000000270. The van der Waals surface area contributed by atoms with Crippen molar-refractivity contribution in [2.75, 3.05) is 36.8 Å². The maximum atomic E-state index is 13.4. The van der Waals surface area contributed by atoms with Crippen molar-refractivity contribution in [3.8, 4) is 22.5 Å². The predicted octanol–water partition coefficient (Wildman–Crippen LogP) is 9.92. The van der Waals surface area contributed by atoms with Crippen LogP contribution in [-0.4, -0.2) is 98.5 Å². The van der Waals surface area contributed by atoms with Gasteiger partial charge in [-0.2, -0.15) is 10.2 Å². The van der Waals surface area contributed by atoms with E-state index in [1.165, 1.54) is 29.2 Å². The normalized spacial score (nSPS) is 17.2. The first-order valence-corrected chi connectivity index (χ1v) is 36.1. The van der Waals surface area contributed by atoms with Gasteiger partial charge in [0, 0.05) is 53.4 Å². The van der Waals surface area contributed by atoms with E-state index in [2.05, 4.69) is 95.5 Å². The number of fused-ring (bicyclic) bond motifs is 2. The van der Waals surface area contributed by atoms with Gasteiger partial charge in [-0.05, 0) is 139 Å². The summed E-state index contributed by atoms with van der Waals surface area (Å²) in [6.07, 6.45) is 1.24. The molecule has 0 spiro atoms. The second-order valence-corrected chi connectivity index (χ2v) is 42.8. The van der Waals surface area contributed by atoms with Gasteiger partial charge >= 0.3 is 6.09 Å². The molecule has 8 rings (SSSR count).